The van der Waals surface area contributed by atoms with Crippen molar-refractivity contribution in [2.75, 3.05) is 14.1 Å². The molecule has 0 fully saturated rings. The molecule has 0 bridgehead atoms. The molecule has 0 aliphatic heterocycles. The molecule has 0 aromatic heterocycles. The molecular weight excluding hydrogens is 301 g/mol. The first-order chi connectivity index (χ1) is 7.71. The van der Waals surface area contributed by atoms with Gasteiger partial charge in [-0.15, -0.1) is 0 Å². The van der Waals surface area contributed by atoms with Crippen LogP contribution in [0.15, 0.2) is 22.7 Å². The van der Waals surface area contributed by atoms with Crippen LogP contribution in [0.2, 0.25) is 0 Å². The highest BCUT2D eigenvalue weighted by molar-refractivity contribution is 9.10. The second-order valence-corrected chi connectivity index (χ2v) is 4.44. The molecule has 94 valence electrons. The van der Waals surface area contributed by atoms with Gasteiger partial charge in [-0.3, -0.25) is 10.2 Å². The summed E-state index contributed by atoms with van der Waals surface area (Å²) in [6, 6.07) is 3.40. The van der Waals surface area contributed by atoms with Crippen LogP contribution in [0.25, 0.3) is 0 Å². The van der Waals surface area contributed by atoms with Gasteiger partial charge in [0.05, 0.1) is 11.1 Å². The summed E-state index contributed by atoms with van der Waals surface area (Å²) in [4.78, 5) is 11.6. The summed E-state index contributed by atoms with van der Waals surface area (Å²) in [5, 5.41) is 1.28. The van der Waals surface area contributed by atoms with Crippen molar-refractivity contribution in [3.63, 3.8) is 0 Å². The molecule has 3 nitrogen and oxygen atoms in total. The maximum Gasteiger partial charge on any atom is 0.417 e. The van der Waals surface area contributed by atoms with Gasteiger partial charge in [0.1, 0.15) is 0 Å². The topological polar surface area (TPSA) is 32.3 Å². The van der Waals surface area contributed by atoms with Gasteiger partial charge in [-0.1, -0.05) is 15.9 Å². The molecule has 1 aromatic carbocycles. The lowest BCUT2D eigenvalue weighted by molar-refractivity contribution is -0.138. The summed E-state index contributed by atoms with van der Waals surface area (Å²) in [6.07, 6.45) is -4.57. The van der Waals surface area contributed by atoms with Gasteiger partial charge in [0.15, 0.2) is 0 Å². The van der Waals surface area contributed by atoms with E-state index in [4.69, 9.17) is 0 Å². The minimum Gasteiger partial charge on any atom is -0.285 e. The van der Waals surface area contributed by atoms with Crippen molar-refractivity contribution in [1.29, 1.82) is 0 Å². The molecule has 0 aliphatic rings. The Bertz CT molecular complexity index is 432. The molecule has 0 saturated carbocycles. The van der Waals surface area contributed by atoms with E-state index >= 15 is 0 Å². The summed E-state index contributed by atoms with van der Waals surface area (Å²) in [5.74, 6) is -0.796. The van der Waals surface area contributed by atoms with Crippen LogP contribution in [0, 0.1) is 0 Å². The third kappa shape index (κ3) is 3.71. The number of hydrazine groups is 1. The number of hydrogen-bond acceptors (Lipinski definition) is 2. The summed E-state index contributed by atoms with van der Waals surface area (Å²) in [7, 11) is 3.04. The van der Waals surface area contributed by atoms with E-state index in [1.54, 1.807) is 0 Å². The second kappa shape index (κ2) is 5.05. The molecule has 0 saturated heterocycles. The monoisotopic (exact) mass is 310 g/mol. The van der Waals surface area contributed by atoms with E-state index in [0.717, 1.165) is 12.1 Å². The van der Waals surface area contributed by atoms with E-state index < -0.39 is 23.2 Å². The number of rotatable bonds is 2. The number of hydrogen-bond donors (Lipinski definition) is 1. The largest absolute Gasteiger partial charge is 0.417 e. The third-order valence-corrected chi connectivity index (χ3v) is 2.35. The SMILES string of the molecule is CN(C)NC(=O)c1ccc(Br)cc1C(F)(F)F. The summed E-state index contributed by atoms with van der Waals surface area (Å²) in [5.41, 5.74) is 0.896. The molecule has 0 aliphatic carbocycles. The predicted molar refractivity (Wildman–Crippen MR) is 60.3 cm³/mol. The molecule has 17 heavy (non-hydrogen) atoms. The van der Waals surface area contributed by atoms with Gasteiger partial charge in [0.25, 0.3) is 5.91 Å². The fourth-order valence-corrected chi connectivity index (χ4v) is 1.57. The van der Waals surface area contributed by atoms with Gasteiger partial charge in [-0.2, -0.15) is 13.2 Å². The number of amides is 1. The van der Waals surface area contributed by atoms with Crippen LogP contribution in [-0.4, -0.2) is 25.0 Å². The molecule has 0 unspecified atom stereocenters. The van der Waals surface area contributed by atoms with Crippen molar-refractivity contribution in [3.8, 4) is 0 Å². The number of carbonyl (C=O) groups is 1. The highest BCUT2D eigenvalue weighted by Crippen LogP contribution is 2.33. The van der Waals surface area contributed by atoms with Crippen LogP contribution in [0.4, 0.5) is 13.2 Å². The van der Waals surface area contributed by atoms with E-state index in [9.17, 15) is 18.0 Å². The van der Waals surface area contributed by atoms with Crippen molar-refractivity contribution in [3.05, 3.63) is 33.8 Å². The molecule has 0 atom stereocenters. The zero-order valence-corrected chi connectivity index (χ0v) is 10.7. The molecule has 1 rings (SSSR count). The van der Waals surface area contributed by atoms with Crippen LogP contribution < -0.4 is 5.43 Å². The van der Waals surface area contributed by atoms with Crippen molar-refractivity contribution >= 4 is 21.8 Å². The number of benzene rings is 1. The first-order valence-corrected chi connectivity index (χ1v) is 5.36. The van der Waals surface area contributed by atoms with Gasteiger partial charge in [0.2, 0.25) is 0 Å². The average molecular weight is 311 g/mol. The van der Waals surface area contributed by atoms with E-state index in [1.165, 1.54) is 25.2 Å². The minimum absolute atomic E-state index is 0.270. The Kier molecular flexibility index (Phi) is 4.16. The standard InChI is InChI=1S/C10H10BrF3N2O/c1-16(2)15-9(17)7-4-3-6(11)5-8(7)10(12,13)14/h3-5H,1-2H3,(H,15,17). The van der Waals surface area contributed by atoms with Crippen molar-refractivity contribution < 1.29 is 18.0 Å². The van der Waals surface area contributed by atoms with Crippen LogP contribution in [0.5, 0.6) is 0 Å². The highest BCUT2D eigenvalue weighted by Gasteiger charge is 2.35. The maximum absolute atomic E-state index is 12.7. The molecule has 0 radical (unpaired) electrons. The lowest BCUT2D eigenvalue weighted by atomic mass is 10.1. The lowest BCUT2D eigenvalue weighted by Crippen LogP contribution is -2.37. The third-order valence-electron chi connectivity index (χ3n) is 1.86. The van der Waals surface area contributed by atoms with Gasteiger partial charge in [0, 0.05) is 18.6 Å². The quantitative estimate of drug-likeness (QED) is 0.852. The Hall–Kier alpha value is -1.08. The minimum atomic E-state index is -4.57. The Morgan fingerprint density at radius 2 is 1.94 bits per heavy atom. The molecule has 0 spiro atoms. The van der Waals surface area contributed by atoms with E-state index in [2.05, 4.69) is 21.4 Å². The number of carbonyl (C=O) groups excluding carboxylic acids is 1. The molecule has 1 aromatic rings. The normalized spacial score (nSPS) is 11.7. The number of nitrogens with one attached hydrogen (secondary N) is 1. The fourth-order valence-electron chi connectivity index (χ4n) is 1.21. The van der Waals surface area contributed by atoms with Crippen LogP contribution in [-0.2, 0) is 6.18 Å². The maximum atomic E-state index is 12.7. The number of halogens is 4. The first kappa shape index (κ1) is 14.0. The summed E-state index contributed by atoms with van der Waals surface area (Å²) < 4.78 is 38.4. The van der Waals surface area contributed by atoms with Crippen molar-refractivity contribution in [2.24, 2.45) is 0 Å². The van der Waals surface area contributed by atoms with E-state index in [1.807, 2.05) is 0 Å². The second-order valence-electron chi connectivity index (χ2n) is 3.52. The zero-order valence-electron chi connectivity index (χ0n) is 9.10. The van der Waals surface area contributed by atoms with Gasteiger partial charge < -0.3 is 0 Å². The molecule has 0 heterocycles. The smallest absolute Gasteiger partial charge is 0.285 e. The predicted octanol–water partition coefficient (Wildman–Crippen LogP) is 2.67. The summed E-state index contributed by atoms with van der Waals surface area (Å²) >= 11 is 2.95. The fraction of sp³-hybridized carbons (Fsp3) is 0.300. The lowest BCUT2D eigenvalue weighted by Gasteiger charge is -2.16. The molecular formula is C10H10BrF3N2O. The first-order valence-electron chi connectivity index (χ1n) is 4.57. The van der Waals surface area contributed by atoms with Gasteiger partial charge in [-0.25, -0.2) is 5.01 Å². The Morgan fingerprint density at radius 1 is 1.35 bits per heavy atom. The van der Waals surface area contributed by atoms with E-state index in [-0.39, 0.29) is 4.47 Å². The van der Waals surface area contributed by atoms with Crippen LogP contribution in [0.1, 0.15) is 15.9 Å². The Labute approximate surface area is 105 Å². The van der Waals surface area contributed by atoms with Gasteiger partial charge in [-0.05, 0) is 18.2 Å². The molecule has 1 N–H and O–H groups in total. The number of alkyl halides is 3. The van der Waals surface area contributed by atoms with Crippen LogP contribution in [0.3, 0.4) is 0 Å². The molecule has 7 heteroatoms. The summed E-state index contributed by atoms with van der Waals surface area (Å²) in [6.45, 7) is 0. The average Bonchev–Trinajstić information content (AvgIpc) is 2.14. The Balaban J connectivity index is 3.20. The zero-order chi connectivity index (χ0) is 13.2. The highest BCUT2D eigenvalue weighted by atomic mass is 79.9. The number of nitrogens with zero attached hydrogens (tertiary/aromatic N) is 1. The van der Waals surface area contributed by atoms with Gasteiger partial charge >= 0.3 is 6.18 Å². The molecule has 1 amide bonds. The van der Waals surface area contributed by atoms with Crippen molar-refractivity contribution in [1.82, 2.24) is 10.4 Å². The van der Waals surface area contributed by atoms with Crippen LogP contribution >= 0.6 is 15.9 Å². The Morgan fingerprint density at radius 3 is 2.41 bits per heavy atom. The van der Waals surface area contributed by atoms with Crippen molar-refractivity contribution in [2.45, 2.75) is 6.18 Å². The van der Waals surface area contributed by atoms with E-state index in [0.29, 0.717) is 0 Å².